The van der Waals surface area contributed by atoms with Crippen LogP contribution in [0.4, 0.5) is 10.1 Å². The van der Waals surface area contributed by atoms with E-state index in [1.54, 1.807) is 35.2 Å². The molecule has 0 spiro atoms. The Kier molecular flexibility index (Phi) is 5.53. The number of amides is 3. The minimum absolute atomic E-state index is 0.0515. The molecular formula is C24H23FN4O4. The molecule has 0 aliphatic carbocycles. The summed E-state index contributed by atoms with van der Waals surface area (Å²) < 4.78 is 18.7. The minimum atomic E-state index is -0.770. The number of likely N-dealkylation sites (tertiary alicyclic amines) is 1. The van der Waals surface area contributed by atoms with Crippen LogP contribution in [0.25, 0.3) is 11.0 Å². The third-order valence-electron chi connectivity index (χ3n) is 6.39. The summed E-state index contributed by atoms with van der Waals surface area (Å²) in [7, 11) is 0. The van der Waals surface area contributed by atoms with Crippen LogP contribution in [0.15, 0.2) is 47.0 Å². The van der Waals surface area contributed by atoms with Gasteiger partial charge in [-0.25, -0.2) is 4.39 Å². The molecule has 3 amide bonds. The van der Waals surface area contributed by atoms with Crippen molar-refractivity contribution >= 4 is 34.4 Å². The van der Waals surface area contributed by atoms with Gasteiger partial charge in [-0.1, -0.05) is 17.3 Å². The summed E-state index contributed by atoms with van der Waals surface area (Å²) in [6, 6.07) is 10.4. The smallest absolute Gasteiger partial charge is 0.254 e. The topological polar surface area (TPSA) is 105 Å². The Morgan fingerprint density at radius 1 is 1.15 bits per heavy atom. The lowest BCUT2D eigenvalue weighted by Crippen LogP contribution is -2.43. The number of halogens is 1. The number of aromatic nitrogens is 1. The lowest BCUT2D eigenvalue weighted by molar-refractivity contribution is -0.132. The first-order valence-electron chi connectivity index (χ1n) is 11.0. The minimum Gasteiger partial charge on any atom is -0.356 e. The average Bonchev–Trinajstić information content (AvgIpc) is 3.19. The van der Waals surface area contributed by atoms with Crippen molar-refractivity contribution in [3.05, 3.63) is 59.5 Å². The van der Waals surface area contributed by atoms with Gasteiger partial charge in [0.25, 0.3) is 5.91 Å². The van der Waals surface area contributed by atoms with Crippen LogP contribution in [0.3, 0.4) is 0 Å². The molecule has 0 saturated carbocycles. The van der Waals surface area contributed by atoms with Crippen LogP contribution in [0, 0.1) is 5.82 Å². The standard InChI is InChI=1S/C24H23FN4O4/c25-15-5-6-17-20(13-15)33-28-22(17)14-9-11-29(12-10-14)21(30)8-7-19-24(32)26-18-4-2-1-3-16(18)23(31)27-19/h1-6,13-14,19H,7-12H2,(H,26,32)(H,27,31)/t19-/m1/s1. The van der Waals surface area contributed by atoms with Crippen molar-refractivity contribution in [1.82, 2.24) is 15.4 Å². The highest BCUT2D eigenvalue weighted by molar-refractivity contribution is 6.09. The molecule has 5 rings (SSSR count). The van der Waals surface area contributed by atoms with E-state index in [-0.39, 0.29) is 42.3 Å². The lowest BCUT2D eigenvalue weighted by Gasteiger charge is -2.31. The molecule has 1 fully saturated rings. The number of carbonyl (C=O) groups excluding carboxylic acids is 3. The fourth-order valence-corrected chi connectivity index (χ4v) is 4.57. The fourth-order valence-electron chi connectivity index (χ4n) is 4.57. The zero-order valence-electron chi connectivity index (χ0n) is 17.8. The molecule has 2 aliphatic rings. The van der Waals surface area contributed by atoms with Crippen molar-refractivity contribution < 1.29 is 23.3 Å². The Balaban J connectivity index is 1.16. The number of benzene rings is 2. The highest BCUT2D eigenvalue weighted by Gasteiger charge is 2.30. The molecule has 0 bridgehead atoms. The van der Waals surface area contributed by atoms with Crippen LogP contribution < -0.4 is 10.6 Å². The van der Waals surface area contributed by atoms with Gasteiger partial charge in [0.05, 0.1) is 16.9 Å². The second-order valence-corrected chi connectivity index (χ2v) is 8.46. The third-order valence-corrected chi connectivity index (χ3v) is 6.39. The number of hydrogen-bond acceptors (Lipinski definition) is 5. The van der Waals surface area contributed by atoms with E-state index in [0.29, 0.717) is 29.9 Å². The number of fused-ring (bicyclic) bond motifs is 2. The molecule has 3 heterocycles. The van der Waals surface area contributed by atoms with Crippen LogP contribution in [0.1, 0.15) is 47.7 Å². The molecule has 1 saturated heterocycles. The molecule has 2 aliphatic heterocycles. The van der Waals surface area contributed by atoms with E-state index in [4.69, 9.17) is 4.52 Å². The van der Waals surface area contributed by atoms with Gasteiger partial charge in [-0.2, -0.15) is 0 Å². The summed E-state index contributed by atoms with van der Waals surface area (Å²) >= 11 is 0. The van der Waals surface area contributed by atoms with Crippen molar-refractivity contribution in [1.29, 1.82) is 0 Å². The van der Waals surface area contributed by atoms with Crippen molar-refractivity contribution in [3.8, 4) is 0 Å². The maximum absolute atomic E-state index is 13.4. The number of hydrogen-bond donors (Lipinski definition) is 2. The number of carbonyl (C=O) groups is 3. The Bertz CT molecular complexity index is 1230. The molecule has 1 atom stereocenters. The molecule has 170 valence electrons. The molecule has 2 aromatic carbocycles. The van der Waals surface area contributed by atoms with E-state index >= 15 is 0 Å². The van der Waals surface area contributed by atoms with E-state index in [9.17, 15) is 18.8 Å². The predicted octanol–water partition coefficient (Wildman–Crippen LogP) is 3.20. The van der Waals surface area contributed by atoms with E-state index in [1.165, 1.54) is 12.1 Å². The molecular weight excluding hydrogens is 427 g/mol. The fraction of sp³-hybridized carbons (Fsp3) is 0.333. The van der Waals surface area contributed by atoms with E-state index in [0.717, 1.165) is 23.9 Å². The summed E-state index contributed by atoms with van der Waals surface area (Å²) in [5.41, 5.74) is 2.10. The highest BCUT2D eigenvalue weighted by Crippen LogP contribution is 2.33. The summed E-state index contributed by atoms with van der Waals surface area (Å²) in [5.74, 6) is -0.945. The van der Waals surface area contributed by atoms with Crippen LogP contribution in [-0.4, -0.2) is 46.9 Å². The van der Waals surface area contributed by atoms with Crippen molar-refractivity contribution in [2.75, 3.05) is 18.4 Å². The Morgan fingerprint density at radius 2 is 1.94 bits per heavy atom. The van der Waals surface area contributed by atoms with Gasteiger partial charge in [-0.05, 0) is 43.5 Å². The predicted molar refractivity (Wildman–Crippen MR) is 118 cm³/mol. The maximum atomic E-state index is 13.4. The van der Waals surface area contributed by atoms with Gasteiger partial charge in [0.1, 0.15) is 11.9 Å². The van der Waals surface area contributed by atoms with Crippen molar-refractivity contribution in [2.24, 2.45) is 0 Å². The summed E-state index contributed by atoms with van der Waals surface area (Å²) in [6.45, 7) is 1.13. The molecule has 0 radical (unpaired) electrons. The number of rotatable bonds is 4. The lowest BCUT2D eigenvalue weighted by atomic mass is 9.91. The number of para-hydroxylation sites is 1. The maximum Gasteiger partial charge on any atom is 0.254 e. The van der Waals surface area contributed by atoms with Gasteiger partial charge < -0.3 is 20.1 Å². The van der Waals surface area contributed by atoms with Crippen molar-refractivity contribution in [2.45, 2.75) is 37.6 Å². The van der Waals surface area contributed by atoms with Crippen LogP contribution in [0.2, 0.25) is 0 Å². The molecule has 2 N–H and O–H groups in total. The zero-order chi connectivity index (χ0) is 22.9. The first-order valence-corrected chi connectivity index (χ1v) is 11.0. The largest absolute Gasteiger partial charge is 0.356 e. The van der Waals surface area contributed by atoms with Crippen LogP contribution >= 0.6 is 0 Å². The normalized spacial score (nSPS) is 19.1. The number of nitrogens with one attached hydrogen (secondary N) is 2. The van der Waals surface area contributed by atoms with E-state index in [1.807, 2.05) is 0 Å². The first-order chi connectivity index (χ1) is 16.0. The molecule has 1 aromatic heterocycles. The second-order valence-electron chi connectivity index (χ2n) is 8.46. The van der Waals surface area contributed by atoms with Gasteiger partial charge >= 0.3 is 0 Å². The Hall–Kier alpha value is -3.75. The van der Waals surface area contributed by atoms with Gasteiger partial charge in [0.15, 0.2) is 5.58 Å². The van der Waals surface area contributed by atoms with Crippen molar-refractivity contribution in [3.63, 3.8) is 0 Å². The monoisotopic (exact) mass is 450 g/mol. The van der Waals surface area contributed by atoms with Gasteiger partial charge in [-0.15, -0.1) is 0 Å². The Labute approximate surface area is 189 Å². The van der Waals surface area contributed by atoms with Crippen LogP contribution in [0.5, 0.6) is 0 Å². The van der Waals surface area contributed by atoms with E-state index in [2.05, 4.69) is 15.8 Å². The molecule has 3 aromatic rings. The zero-order valence-corrected chi connectivity index (χ0v) is 17.8. The average molecular weight is 450 g/mol. The molecule has 0 unspecified atom stereocenters. The number of nitrogens with zero attached hydrogens (tertiary/aromatic N) is 2. The quantitative estimate of drug-likeness (QED) is 0.635. The van der Waals surface area contributed by atoms with Gasteiger partial charge in [0, 0.05) is 36.9 Å². The summed E-state index contributed by atoms with van der Waals surface area (Å²) in [4.78, 5) is 39.5. The van der Waals surface area contributed by atoms with Crippen LogP contribution in [-0.2, 0) is 9.59 Å². The SMILES string of the molecule is O=C1N[C@H](CCC(=O)N2CCC(c3noc4cc(F)ccc34)CC2)C(=O)Nc2ccccc21. The Morgan fingerprint density at radius 3 is 2.76 bits per heavy atom. The van der Waals surface area contributed by atoms with Gasteiger partial charge in [-0.3, -0.25) is 14.4 Å². The third kappa shape index (κ3) is 4.18. The first kappa shape index (κ1) is 21.1. The second kappa shape index (κ2) is 8.65. The molecule has 33 heavy (non-hydrogen) atoms. The van der Waals surface area contributed by atoms with E-state index < -0.39 is 6.04 Å². The molecule has 9 heteroatoms. The van der Waals surface area contributed by atoms with Gasteiger partial charge in [0.2, 0.25) is 11.8 Å². The number of anilines is 1. The molecule has 8 nitrogen and oxygen atoms in total. The number of piperidine rings is 1. The summed E-state index contributed by atoms with van der Waals surface area (Å²) in [6.07, 6.45) is 1.83. The summed E-state index contributed by atoms with van der Waals surface area (Å²) in [5, 5.41) is 10.4. The highest BCUT2D eigenvalue weighted by atomic mass is 19.1.